The van der Waals surface area contributed by atoms with Crippen molar-refractivity contribution >= 4 is 64.8 Å². The van der Waals surface area contributed by atoms with Crippen LogP contribution in [0.15, 0.2) is 35.9 Å². The second kappa shape index (κ2) is 31.6. The molecule has 4 rings (SSSR count). The summed E-state index contributed by atoms with van der Waals surface area (Å²) in [4.78, 5) is 76.1. The van der Waals surface area contributed by atoms with Gasteiger partial charge in [0.05, 0.1) is 96.6 Å². The van der Waals surface area contributed by atoms with Gasteiger partial charge in [0.15, 0.2) is 5.72 Å². The molecule has 2 saturated heterocycles. The predicted octanol–water partition coefficient (Wildman–Crippen LogP) is 5.06. The van der Waals surface area contributed by atoms with Crippen molar-refractivity contribution in [3.63, 3.8) is 0 Å². The lowest BCUT2D eigenvalue weighted by molar-refractivity contribution is -0.143. The average molecular weight is 1100 g/mol. The van der Waals surface area contributed by atoms with Crippen LogP contribution in [0.25, 0.3) is 0 Å². The SMILES string of the molecule is COC(=O)CCOCCOCCOCCOCCN(C)C(=O)CSC(C)(C)CCC(=O)N(C)CC(=O)O.COc1cc2cc(c1Cl)N(C)C(=O)CC[C@]1(C)O[C@H]1[C@H](C)[C@@H]1C[C@@](O)(NC(=O)O1)[C@H](OC)/C=C/C=C(\C)C2. The number of ether oxygens (including phenoxy) is 9. The lowest BCUT2D eigenvalue weighted by atomic mass is 9.84. The molecule has 2 fully saturated rings. The maximum atomic E-state index is 13.2. The number of likely N-dealkylation sites (N-methyl/N-ethyl adjacent to an activating group) is 2. The van der Waals surface area contributed by atoms with Crippen molar-refractivity contribution < 1.29 is 81.6 Å². The first-order chi connectivity index (χ1) is 35.4. The summed E-state index contributed by atoms with van der Waals surface area (Å²) >= 11 is 8.08. The van der Waals surface area contributed by atoms with Crippen LogP contribution < -0.4 is 15.0 Å². The smallest absolute Gasteiger partial charge is 0.409 e. The Morgan fingerprint density at radius 3 is 2.17 bits per heavy atom. The standard InChI is InChI=1S/C28H37ClN2O7.C24H44N2O10S/c1-16-8-7-9-22(36-6)28(34)15-21(37-26(33)30-28)17(2)25-27(3,38-25)11-10-23(32)31(4)19-13-18(12-16)14-20(35-5)24(19)29;1-24(2,8-6-20(27)26(4)18-22(29)30)37-19-21(28)25(3)9-11-34-13-15-36-17-16-35-14-12-33-10-7-23(31)32-5/h7-9,13-14,17,21-22,25,34H,10-12,15H2,1-6H3,(H,30,33);6-19H2,1-5H3,(H,29,30)/b9-7+,16-8+;/t17-,21+,22-,25+,27+,28+;/m1./s1. The number of thioether (sulfide) groups is 1. The van der Waals surface area contributed by atoms with E-state index in [4.69, 9.17) is 54.6 Å². The second-order valence-corrected chi connectivity index (χ2v) is 21.6. The summed E-state index contributed by atoms with van der Waals surface area (Å²) in [7, 11) is 9.26. The number of nitrogens with zero attached hydrogens (tertiary/aromatic N) is 3. The normalized spacial score (nSPS) is 24.0. The summed E-state index contributed by atoms with van der Waals surface area (Å²) in [6, 6.07) is 3.76. The zero-order valence-corrected chi connectivity index (χ0v) is 47.1. The van der Waals surface area contributed by atoms with E-state index >= 15 is 0 Å². The molecule has 0 aromatic heterocycles. The first-order valence-corrected chi connectivity index (χ1v) is 26.4. The van der Waals surface area contributed by atoms with Gasteiger partial charge in [-0.3, -0.25) is 29.3 Å². The molecule has 4 amide bonds. The first-order valence-electron chi connectivity index (χ1n) is 25.0. The summed E-state index contributed by atoms with van der Waals surface area (Å²) in [5.74, 6) is -1.16. The number of epoxide rings is 1. The maximum Gasteiger partial charge on any atom is 0.409 e. The molecule has 424 valence electrons. The minimum atomic E-state index is -1.66. The molecule has 3 aliphatic rings. The molecule has 23 heteroatoms. The molecule has 6 atom stereocenters. The number of amides is 4. The number of carboxylic acid groups (broad SMARTS) is 1. The van der Waals surface area contributed by atoms with Gasteiger partial charge in [-0.05, 0) is 50.8 Å². The van der Waals surface area contributed by atoms with E-state index in [-0.39, 0.29) is 78.4 Å². The molecule has 1 aromatic carbocycles. The minimum absolute atomic E-state index is 0.0290. The third-order valence-electron chi connectivity index (χ3n) is 13.0. The van der Waals surface area contributed by atoms with E-state index in [0.29, 0.717) is 95.1 Å². The molecular weight excluding hydrogens is 1020 g/mol. The van der Waals surface area contributed by atoms with Gasteiger partial charge in [0.25, 0.3) is 0 Å². The minimum Gasteiger partial charge on any atom is -0.495 e. The number of benzene rings is 1. The molecule has 3 aliphatic heterocycles. The quantitative estimate of drug-likeness (QED) is 0.0658. The lowest BCUT2D eigenvalue weighted by Gasteiger charge is -2.42. The van der Waals surface area contributed by atoms with Crippen LogP contribution in [-0.4, -0.2) is 204 Å². The van der Waals surface area contributed by atoms with Gasteiger partial charge in [-0.1, -0.05) is 56.2 Å². The summed E-state index contributed by atoms with van der Waals surface area (Å²) in [5.41, 5.74) is 0.297. The Kier molecular flexibility index (Phi) is 27.3. The number of esters is 1. The molecule has 3 N–H and O–H groups in total. The number of hydrogen-bond donors (Lipinski definition) is 3. The number of carbonyl (C=O) groups excluding carboxylic acids is 5. The number of carbonyl (C=O) groups is 6. The number of nitrogens with one attached hydrogen (secondary N) is 1. The van der Waals surface area contributed by atoms with Crippen molar-refractivity contribution in [2.45, 2.75) is 114 Å². The number of allylic oxidation sites excluding steroid dienone is 3. The Balaban J connectivity index is 0.000000396. The van der Waals surface area contributed by atoms with Crippen molar-refractivity contribution in [3.8, 4) is 5.75 Å². The number of halogens is 1. The monoisotopic (exact) mass is 1100 g/mol. The number of methoxy groups -OCH3 is 3. The highest BCUT2D eigenvalue weighted by Gasteiger charge is 2.59. The van der Waals surface area contributed by atoms with E-state index in [9.17, 15) is 33.9 Å². The first kappa shape index (κ1) is 64.8. The van der Waals surface area contributed by atoms with E-state index in [2.05, 4.69) is 10.1 Å². The molecule has 1 aromatic rings. The van der Waals surface area contributed by atoms with Crippen LogP contribution in [0, 0.1) is 5.92 Å². The second-order valence-electron chi connectivity index (χ2n) is 19.5. The summed E-state index contributed by atoms with van der Waals surface area (Å²) < 4.78 is 48.4. The average Bonchev–Trinajstić information content (AvgIpc) is 4.05. The molecule has 0 spiro atoms. The van der Waals surface area contributed by atoms with Crippen LogP contribution in [0.3, 0.4) is 0 Å². The maximum absolute atomic E-state index is 13.2. The Bertz CT molecular complexity index is 2110. The van der Waals surface area contributed by atoms with Crippen LogP contribution in [-0.2, 0) is 68.3 Å². The fourth-order valence-corrected chi connectivity index (χ4v) is 9.43. The van der Waals surface area contributed by atoms with Crippen LogP contribution in [0.4, 0.5) is 10.5 Å². The number of anilines is 1. The fourth-order valence-electron chi connectivity index (χ4n) is 8.14. The molecular formula is C52H81ClN4O17S. The highest BCUT2D eigenvalue weighted by atomic mass is 35.5. The number of rotatable bonds is 25. The van der Waals surface area contributed by atoms with Gasteiger partial charge in [0.1, 0.15) is 29.5 Å². The van der Waals surface area contributed by atoms with Gasteiger partial charge in [-0.25, -0.2) is 4.79 Å². The zero-order chi connectivity index (χ0) is 55.9. The van der Waals surface area contributed by atoms with E-state index in [1.807, 2.05) is 52.8 Å². The molecule has 4 bridgehead atoms. The lowest BCUT2D eigenvalue weighted by Crippen LogP contribution is -2.63. The number of alkyl carbamates (subject to hydrolysis) is 1. The predicted molar refractivity (Wildman–Crippen MR) is 282 cm³/mol. The van der Waals surface area contributed by atoms with Crippen molar-refractivity contribution in [1.82, 2.24) is 15.1 Å². The van der Waals surface area contributed by atoms with Gasteiger partial charge < -0.3 is 67.5 Å². The fraction of sp³-hybridized carbons (Fsp3) is 0.692. The van der Waals surface area contributed by atoms with Gasteiger partial charge in [0.2, 0.25) is 17.7 Å². The number of fused-ring (bicyclic) bond motifs is 5. The van der Waals surface area contributed by atoms with E-state index in [1.165, 1.54) is 37.9 Å². The molecule has 0 aliphatic carbocycles. The Morgan fingerprint density at radius 1 is 0.947 bits per heavy atom. The van der Waals surface area contributed by atoms with Crippen molar-refractivity contribution in [3.05, 3.63) is 46.5 Å². The number of carboxylic acids is 1. The number of aliphatic carboxylic acids is 1. The highest BCUT2D eigenvalue weighted by molar-refractivity contribution is 8.01. The van der Waals surface area contributed by atoms with Gasteiger partial charge in [-0.15, -0.1) is 11.8 Å². The summed E-state index contributed by atoms with van der Waals surface area (Å²) in [6.45, 7) is 13.1. The van der Waals surface area contributed by atoms with Gasteiger partial charge in [-0.2, -0.15) is 0 Å². The third kappa shape index (κ3) is 22.2. The molecule has 75 heavy (non-hydrogen) atoms. The topological polar surface area (TPSA) is 251 Å². The van der Waals surface area contributed by atoms with Crippen LogP contribution in [0.1, 0.15) is 78.7 Å². The van der Waals surface area contributed by atoms with Crippen molar-refractivity contribution in [1.29, 1.82) is 0 Å². The van der Waals surface area contributed by atoms with Crippen LogP contribution >= 0.6 is 23.4 Å². The van der Waals surface area contributed by atoms with E-state index in [1.54, 1.807) is 43.2 Å². The Morgan fingerprint density at radius 2 is 1.57 bits per heavy atom. The van der Waals surface area contributed by atoms with Gasteiger partial charge >= 0.3 is 18.0 Å². The molecule has 0 saturated carbocycles. The zero-order valence-electron chi connectivity index (χ0n) is 45.6. The number of aliphatic hydroxyl groups is 1. The molecule has 3 heterocycles. The molecule has 0 radical (unpaired) electrons. The van der Waals surface area contributed by atoms with Crippen LogP contribution in [0.5, 0.6) is 5.75 Å². The van der Waals surface area contributed by atoms with Crippen LogP contribution in [0.2, 0.25) is 5.02 Å². The summed E-state index contributed by atoms with van der Waals surface area (Å²) in [5, 5.41) is 23.1. The summed E-state index contributed by atoms with van der Waals surface area (Å²) in [6.07, 6.45) is 5.45. The largest absolute Gasteiger partial charge is 0.495 e. The molecule has 21 nitrogen and oxygen atoms in total. The van der Waals surface area contributed by atoms with Crippen molar-refractivity contribution in [2.75, 3.05) is 119 Å². The Labute approximate surface area is 451 Å². The third-order valence-corrected chi connectivity index (χ3v) is 14.7. The Hall–Kier alpha value is -4.52. The highest BCUT2D eigenvalue weighted by Crippen LogP contribution is 2.48. The number of hydrogen-bond acceptors (Lipinski definition) is 17. The van der Waals surface area contributed by atoms with E-state index < -0.39 is 35.6 Å². The van der Waals surface area contributed by atoms with E-state index in [0.717, 1.165) is 11.1 Å². The van der Waals surface area contributed by atoms with Gasteiger partial charge in [0, 0.05) is 64.7 Å². The van der Waals surface area contributed by atoms with Crippen molar-refractivity contribution in [2.24, 2.45) is 5.92 Å². The molecule has 0 unspecified atom stereocenters.